The third-order valence-electron chi connectivity index (χ3n) is 2.62. The van der Waals surface area contributed by atoms with Gasteiger partial charge in [-0.1, -0.05) is 30.3 Å². The molecule has 0 atom stereocenters. The number of halogens is 2. The monoisotopic (exact) mass is 412 g/mol. The fourth-order valence-corrected chi connectivity index (χ4v) is 3.70. The lowest BCUT2D eigenvalue weighted by molar-refractivity contribution is 0.0770. The second-order valence-corrected chi connectivity index (χ2v) is 7.26. The van der Waals surface area contributed by atoms with Crippen molar-refractivity contribution >= 4 is 49.1 Å². The van der Waals surface area contributed by atoms with E-state index in [2.05, 4.69) is 31.9 Å². The van der Waals surface area contributed by atoms with E-state index < -0.39 is 0 Å². The van der Waals surface area contributed by atoms with Crippen molar-refractivity contribution in [3.63, 3.8) is 0 Å². The average Bonchev–Trinajstić information content (AvgIpc) is 2.78. The quantitative estimate of drug-likeness (QED) is 0.695. The lowest BCUT2D eigenvalue weighted by Crippen LogP contribution is -2.30. The SMILES string of the molecule is N#CCN(Cc1ccccc1)C(=O)c1cc(Br)c(Br)s1. The topological polar surface area (TPSA) is 44.1 Å². The van der Waals surface area contributed by atoms with Crippen molar-refractivity contribution in [1.29, 1.82) is 5.26 Å². The van der Waals surface area contributed by atoms with E-state index in [0.29, 0.717) is 11.4 Å². The number of carbonyl (C=O) groups is 1. The molecule has 0 aliphatic heterocycles. The Labute approximate surface area is 138 Å². The number of hydrogen-bond donors (Lipinski definition) is 0. The van der Waals surface area contributed by atoms with E-state index in [0.717, 1.165) is 13.8 Å². The maximum absolute atomic E-state index is 12.4. The Balaban J connectivity index is 2.20. The third-order valence-corrected chi connectivity index (χ3v) is 5.87. The second-order valence-electron chi connectivity index (χ2n) is 4.04. The molecular formula is C14H10Br2N2OS. The molecule has 0 unspecified atom stereocenters. The van der Waals surface area contributed by atoms with Crippen LogP contribution in [-0.2, 0) is 6.54 Å². The van der Waals surface area contributed by atoms with Crippen LogP contribution in [0.5, 0.6) is 0 Å². The summed E-state index contributed by atoms with van der Waals surface area (Å²) >= 11 is 8.10. The van der Waals surface area contributed by atoms with Crippen LogP contribution < -0.4 is 0 Å². The lowest BCUT2D eigenvalue weighted by Gasteiger charge is -2.18. The Morgan fingerprint density at radius 2 is 2.00 bits per heavy atom. The first kappa shape index (κ1) is 15.2. The maximum atomic E-state index is 12.4. The summed E-state index contributed by atoms with van der Waals surface area (Å²) in [7, 11) is 0. The average molecular weight is 414 g/mol. The number of nitrogens with zero attached hydrogens (tertiary/aromatic N) is 2. The van der Waals surface area contributed by atoms with E-state index >= 15 is 0 Å². The third kappa shape index (κ3) is 3.69. The first-order valence-corrected chi connectivity index (χ1v) is 8.17. The van der Waals surface area contributed by atoms with Crippen LogP contribution in [0.3, 0.4) is 0 Å². The van der Waals surface area contributed by atoms with Crippen LogP contribution >= 0.6 is 43.2 Å². The van der Waals surface area contributed by atoms with Crippen LogP contribution in [0.4, 0.5) is 0 Å². The summed E-state index contributed by atoms with van der Waals surface area (Å²) < 4.78 is 1.72. The molecule has 0 spiro atoms. The van der Waals surface area contributed by atoms with Gasteiger partial charge in [-0.3, -0.25) is 4.79 Å². The number of benzene rings is 1. The zero-order valence-electron chi connectivity index (χ0n) is 10.3. The normalized spacial score (nSPS) is 10.1. The zero-order chi connectivity index (χ0) is 14.5. The Kier molecular flexibility index (Phi) is 5.35. The van der Waals surface area contributed by atoms with Crippen LogP contribution in [0.1, 0.15) is 15.2 Å². The largest absolute Gasteiger partial charge is 0.320 e. The molecule has 0 saturated carbocycles. The van der Waals surface area contributed by atoms with Gasteiger partial charge in [-0.15, -0.1) is 11.3 Å². The summed E-state index contributed by atoms with van der Waals surface area (Å²) in [4.78, 5) is 14.6. The van der Waals surface area contributed by atoms with E-state index in [-0.39, 0.29) is 12.5 Å². The van der Waals surface area contributed by atoms with Gasteiger partial charge in [0.25, 0.3) is 5.91 Å². The highest BCUT2D eigenvalue weighted by Gasteiger charge is 2.19. The Morgan fingerprint density at radius 1 is 1.30 bits per heavy atom. The number of amides is 1. The summed E-state index contributed by atoms with van der Waals surface area (Å²) in [5.41, 5.74) is 1.01. The van der Waals surface area contributed by atoms with Crippen LogP contribution in [0.15, 0.2) is 44.7 Å². The van der Waals surface area contributed by atoms with Crippen molar-refractivity contribution in [2.45, 2.75) is 6.54 Å². The first-order valence-electron chi connectivity index (χ1n) is 5.77. The van der Waals surface area contributed by atoms with Crippen LogP contribution in [0, 0.1) is 11.3 Å². The maximum Gasteiger partial charge on any atom is 0.265 e. The number of rotatable bonds is 4. The summed E-state index contributed by atoms with van der Waals surface area (Å²) in [5.74, 6) is -0.133. The van der Waals surface area contributed by atoms with Gasteiger partial charge in [0.15, 0.2) is 0 Å². The van der Waals surface area contributed by atoms with Crippen LogP contribution in [0.2, 0.25) is 0 Å². The summed E-state index contributed by atoms with van der Waals surface area (Å²) in [6.07, 6.45) is 0. The van der Waals surface area contributed by atoms with Crippen molar-refractivity contribution in [1.82, 2.24) is 4.90 Å². The van der Waals surface area contributed by atoms with Gasteiger partial charge in [0, 0.05) is 11.0 Å². The van der Waals surface area contributed by atoms with Crippen molar-refractivity contribution in [2.75, 3.05) is 6.54 Å². The molecule has 3 nitrogen and oxygen atoms in total. The van der Waals surface area contributed by atoms with Crippen molar-refractivity contribution < 1.29 is 4.79 Å². The van der Waals surface area contributed by atoms with E-state index in [1.165, 1.54) is 11.3 Å². The molecule has 2 aromatic rings. The Bertz CT molecular complexity index is 629. The highest BCUT2D eigenvalue weighted by molar-refractivity contribution is 9.13. The predicted octanol–water partition coefficient (Wildman–Crippen LogP) is 4.44. The van der Waals surface area contributed by atoms with Gasteiger partial charge in [-0.05, 0) is 43.5 Å². The molecule has 6 heteroatoms. The van der Waals surface area contributed by atoms with Crippen LogP contribution in [-0.4, -0.2) is 17.4 Å². The minimum Gasteiger partial charge on any atom is -0.320 e. The number of carbonyl (C=O) groups excluding carboxylic acids is 1. The smallest absolute Gasteiger partial charge is 0.265 e. The minimum absolute atomic E-state index is 0.0703. The number of hydrogen-bond acceptors (Lipinski definition) is 3. The second kappa shape index (κ2) is 7.02. The summed E-state index contributed by atoms with van der Waals surface area (Å²) in [5, 5.41) is 8.91. The van der Waals surface area contributed by atoms with Gasteiger partial charge >= 0.3 is 0 Å². The van der Waals surface area contributed by atoms with Crippen molar-refractivity contribution in [3.8, 4) is 6.07 Å². The van der Waals surface area contributed by atoms with Gasteiger partial charge in [0.05, 0.1) is 14.7 Å². The van der Waals surface area contributed by atoms with Gasteiger partial charge in [0.2, 0.25) is 0 Å². The zero-order valence-corrected chi connectivity index (χ0v) is 14.3. The summed E-state index contributed by atoms with van der Waals surface area (Å²) in [6, 6.07) is 13.5. The van der Waals surface area contributed by atoms with Crippen molar-refractivity contribution in [2.24, 2.45) is 0 Å². The van der Waals surface area contributed by atoms with Crippen molar-refractivity contribution in [3.05, 3.63) is 55.1 Å². The summed E-state index contributed by atoms with van der Waals surface area (Å²) in [6.45, 7) is 0.501. The molecule has 1 heterocycles. The fraction of sp³-hybridized carbons (Fsp3) is 0.143. The molecule has 0 bridgehead atoms. The molecule has 0 radical (unpaired) electrons. The Hall–Kier alpha value is -1.16. The predicted molar refractivity (Wildman–Crippen MR) is 86.5 cm³/mol. The highest BCUT2D eigenvalue weighted by Crippen LogP contribution is 2.33. The lowest BCUT2D eigenvalue weighted by atomic mass is 10.2. The molecule has 102 valence electrons. The fourth-order valence-electron chi connectivity index (χ4n) is 1.70. The highest BCUT2D eigenvalue weighted by atomic mass is 79.9. The molecule has 0 aliphatic carbocycles. The number of nitriles is 1. The number of thiophene rings is 1. The van der Waals surface area contributed by atoms with E-state index in [4.69, 9.17) is 5.26 Å². The molecule has 20 heavy (non-hydrogen) atoms. The molecule has 2 rings (SSSR count). The van der Waals surface area contributed by atoms with E-state index in [1.54, 1.807) is 11.0 Å². The molecule has 1 amide bonds. The molecule has 0 fully saturated rings. The van der Waals surface area contributed by atoms with Gasteiger partial charge in [-0.25, -0.2) is 0 Å². The standard InChI is InChI=1S/C14H10Br2N2OS/c15-11-8-12(20-13(11)16)14(19)18(7-6-17)9-10-4-2-1-3-5-10/h1-5,8H,7,9H2. The molecule has 0 N–H and O–H groups in total. The molecule has 1 aromatic heterocycles. The minimum atomic E-state index is -0.133. The molecule has 0 aliphatic rings. The van der Waals surface area contributed by atoms with E-state index in [9.17, 15) is 4.79 Å². The molecule has 0 saturated heterocycles. The molecular weight excluding hydrogens is 404 g/mol. The Morgan fingerprint density at radius 3 is 2.55 bits per heavy atom. The first-order chi connectivity index (χ1) is 9.61. The molecule has 1 aromatic carbocycles. The van der Waals surface area contributed by atoms with Gasteiger partial charge < -0.3 is 4.90 Å². The van der Waals surface area contributed by atoms with E-state index in [1.807, 2.05) is 36.4 Å². The van der Waals surface area contributed by atoms with Gasteiger partial charge in [-0.2, -0.15) is 5.26 Å². The van der Waals surface area contributed by atoms with Crippen LogP contribution in [0.25, 0.3) is 0 Å². The van der Waals surface area contributed by atoms with Gasteiger partial charge in [0.1, 0.15) is 6.54 Å².